The lowest BCUT2D eigenvalue weighted by molar-refractivity contribution is 0.102. The number of benzene rings is 2. The Hall–Kier alpha value is -3.75. The average Bonchev–Trinajstić information content (AvgIpc) is 3.36. The van der Waals surface area contributed by atoms with Crippen molar-refractivity contribution in [3.63, 3.8) is 0 Å². The molecule has 0 spiro atoms. The van der Waals surface area contributed by atoms with Gasteiger partial charge in [-0.05, 0) is 35.9 Å². The van der Waals surface area contributed by atoms with Crippen LogP contribution in [0, 0.1) is 0 Å². The number of methoxy groups -OCH3 is 2. The molecule has 0 fully saturated rings. The van der Waals surface area contributed by atoms with E-state index in [1.54, 1.807) is 18.2 Å². The van der Waals surface area contributed by atoms with E-state index in [0.717, 1.165) is 5.56 Å². The van der Waals surface area contributed by atoms with Crippen molar-refractivity contribution >= 4 is 11.9 Å². The average molecular weight is 383 g/mol. The molecule has 0 saturated heterocycles. The van der Waals surface area contributed by atoms with Gasteiger partial charge in [-0.3, -0.25) is 10.1 Å². The first-order valence-corrected chi connectivity index (χ1v) is 8.40. The maximum Gasteiger partial charge on any atom is 0.322 e. The molecule has 0 radical (unpaired) electrons. The summed E-state index contributed by atoms with van der Waals surface area (Å²) in [5.74, 6) is 2.32. The first kappa shape index (κ1) is 17.7. The first-order chi connectivity index (χ1) is 13.7. The summed E-state index contributed by atoms with van der Waals surface area (Å²) in [6, 6.07) is 10.4. The van der Waals surface area contributed by atoms with Gasteiger partial charge >= 0.3 is 6.01 Å². The quantitative estimate of drug-likeness (QED) is 0.693. The van der Waals surface area contributed by atoms with Crippen molar-refractivity contribution in [2.24, 2.45) is 0 Å². The van der Waals surface area contributed by atoms with Gasteiger partial charge in [0.2, 0.25) is 12.7 Å². The summed E-state index contributed by atoms with van der Waals surface area (Å²) >= 11 is 0. The SMILES string of the molecule is COc1ccc(C(=O)Nc2nnc(Cc3ccc4c(c3)OCO4)o2)cc1OC. The zero-order valence-electron chi connectivity index (χ0n) is 15.2. The van der Waals surface area contributed by atoms with Crippen molar-refractivity contribution in [2.45, 2.75) is 6.42 Å². The number of hydrogen-bond acceptors (Lipinski definition) is 8. The van der Waals surface area contributed by atoms with Gasteiger partial charge in [-0.15, -0.1) is 5.10 Å². The highest BCUT2D eigenvalue weighted by Crippen LogP contribution is 2.33. The van der Waals surface area contributed by atoms with Crippen molar-refractivity contribution in [1.29, 1.82) is 0 Å². The maximum absolute atomic E-state index is 12.4. The van der Waals surface area contributed by atoms with E-state index >= 15 is 0 Å². The van der Waals surface area contributed by atoms with Crippen molar-refractivity contribution in [3.05, 3.63) is 53.4 Å². The van der Waals surface area contributed by atoms with E-state index in [9.17, 15) is 4.79 Å². The molecule has 0 atom stereocenters. The second-order valence-electron chi connectivity index (χ2n) is 5.89. The summed E-state index contributed by atoms with van der Waals surface area (Å²) in [7, 11) is 3.03. The lowest BCUT2D eigenvalue weighted by Gasteiger charge is -2.08. The molecule has 1 N–H and O–H groups in total. The third-order valence-electron chi connectivity index (χ3n) is 4.13. The van der Waals surface area contributed by atoms with Gasteiger partial charge in [0.25, 0.3) is 5.91 Å². The number of ether oxygens (including phenoxy) is 4. The number of anilines is 1. The van der Waals surface area contributed by atoms with Gasteiger partial charge in [0, 0.05) is 5.56 Å². The second kappa shape index (κ2) is 7.47. The molecule has 1 amide bonds. The number of amides is 1. The topological polar surface area (TPSA) is 105 Å². The Labute approximate surface area is 160 Å². The highest BCUT2D eigenvalue weighted by molar-refractivity contribution is 6.03. The largest absolute Gasteiger partial charge is 0.493 e. The number of rotatable bonds is 6. The minimum absolute atomic E-state index is 0.00975. The third-order valence-corrected chi connectivity index (χ3v) is 4.13. The molecule has 1 aliphatic rings. The van der Waals surface area contributed by atoms with Gasteiger partial charge in [0.05, 0.1) is 20.6 Å². The molecule has 1 aromatic heterocycles. The van der Waals surface area contributed by atoms with Crippen molar-refractivity contribution < 1.29 is 28.2 Å². The minimum atomic E-state index is -0.403. The number of nitrogens with zero attached hydrogens (tertiary/aromatic N) is 2. The van der Waals surface area contributed by atoms with Gasteiger partial charge in [-0.1, -0.05) is 11.2 Å². The molecule has 0 unspecified atom stereocenters. The highest BCUT2D eigenvalue weighted by atomic mass is 16.7. The van der Waals surface area contributed by atoms with Crippen molar-refractivity contribution in [2.75, 3.05) is 26.3 Å². The number of fused-ring (bicyclic) bond motifs is 1. The number of hydrogen-bond donors (Lipinski definition) is 1. The van der Waals surface area contributed by atoms with Gasteiger partial charge in [-0.25, -0.2) is 0 Å². The molecule has 3 aromatic rings. The minimum Gasteiger partial charge on any atom is -0.493 e. The Bertz CT molecular complexity index is 1020. The van der Waals surface area contributed by atoms with Gasteiger partial charge in [0.15, 0.2) is 23.0 Å². The van der Waals surface area contributed by atoms with Crippen LogP contribution in [-0.2, 0) is 6.42 Å². The van der Waals surface area contributed by atoms with Crippen LogP contribution < -0.4 is 24.3 Å². The number of carbonyl (C=O) groups excluding carboxylic acids is 1. The standard InChI is InChI=1S/C19H17N3O6/c1-24-13-6-4-12(9-15(13)25-2)18(23)20-19-22-21-17(28-19)8-11-3-5-14-16(7-11)27-10-26-14/h3-7,9H,8,10H2,1-2H3,(H,20,22,23). The fourth-order valence-corrected chi connectivity index (χ4v) is 2.75. The van der Waals surface area contributed by atoms with E-state index in [2.05, 4.69) is 15.5 Å². The van der Waals surface area contributed by atoms with E-state index in [-0.39, 0.29) is 12.8 Å². The highest BCUT2D eigenvalue weighted by Gasteiger charge is 2.16. The fraction of sp³-hybridized carbons (Fsp3) is 0.211. The van der Waals surface area contributed by atoms with Crippen molar-refractivity contribution in [3.8, 4) is 23.0 Å². The summed E-state index contributed by atoms with van der Waals surface area (Å²) in [5, 5.41) is 10.4. The number of nitrogens with one attached hydrogen (secondary N) is 1. The summed E-state index contributed by atoms with van der Waals surface area (Å²) < 4.78 is 26.5. The van der Waals surface area contributed by atoms with Crippen LogP contribution in [-0.4, -0.2) is 37.1 Å². The Balaban J connectivity index is 1.44. The number of aromatic nitrogens is 2. The van der Waals surface area contributed by atoms with E-state index in [1.165, 1.54) is 14.2 Å². The maximum atomic E-state index is 12.4. The summed E-state index contributed by atoms with van der Waals surface area (Å²) in [5.41, 5.74) is 1.29. The predicted octanol–water partition coefficient (Wildman–Crippen LogP) is 2.66. The molecule has 9 nitrogen and oxygen atoms in total. The van der Waals surface area contributed by atoms with Gasteiger partial charge < -0.3 is 23.4 Å². The summed E-state index contributed by atoms with van der Waals surface area (Å²) in [4.78, 5) is 12.4. The van der Waals surface area contributed by atoms with E-state index < -0.39 is 5.91 Å². The molecule has 2 heterocycles. The van der Waals surface area contributed by atoms with Gasteiger partial charge in [-0.2, -0.15) is 0 Å². The third kappa shape index (κ3) is 3.54. The molecule has 0 bridgehead atoms. The van der Waals surface area contributed by atoms with E-state index in [4.69, 9.17) is 23.4 Å². The number of carbonyl (C=O) groups is 1. The molecule has 144 valence electrons. The van der Waals surface area contributed by atoms with Crippen LogP contribution in [0.2, 0.25) is 0 Å². The van der Waals surface area contributed by atoms with Crippen LogP contribution in [0.25, 0.3) is 0 Å². The lowest BCUT2D eigenvalue weighted by Crippen LogP contribution is -2.12. The zero-order valence-corrected chi connectivity index (χ0v) is 15.2. The lowest BCUT2D eigenvalue weighted by atomic mass is 10.1. The molecule has 4 rings (SSSR count). The fourth-order valence-electron chi connectivity index (χ4n) is 2.75. The molecular formula is C19H17N3O6. The normalized spacial score (nSPS) is 11.9. The smallest absolute Gasteiger partial charge is 0.322 e. The van der Waals surface area contributed by atoms with Crippen LogP contribution in [0.4, 0.5) is 6.01 Å². The van der Waals surface area contributed by atoms with Gasteiger partial charge in [0.1, 0.15) is 0 Å². The Kier molecular flexibility index (Phi) is 4.71. The Morgan fingerprint density at radius 3 is 2.68 bits per heavy atom. The second-order valence-corrected chi connectivity index (χ2v) is 5.89. The van der Waals surface area contributed by atoms with E-state index in [1.807, 2.05) is 18.2 Å². The van der Waals surface area contributed by atoms with Crippen LogP contribution in [0.1, 0.15) is 21.8 Å². The van der Waals surface area contributed by atoms with Crippen LogP contribution in [0.15, 0.2) is 40.8 Å². The first-order valence-electron chi connectivity index (χ1n) is 8.40. The molecule has 1 aliphatic heterocycles. The predicted molar refractivity (Wildman–Crippen MR) is 97.2 cm³/mol. The summed E-state index contributed by atoms with van der Waals surface area (Å²) in [6.45, 7) is 0.214. The molecule has 9 heteroatoms. The van der Waals surface area contributed by atoms with Crippen LogP contribution >= 0.6 is 0 Å². The molecular weight excluding hydrogens is 366 g/mol. The molecule has 0 saturated carbocycles. The molecule has 28 heavy (non-hydrogen) atoms. The van der Waals surface area contributed by atoms with Crippen molar-refractivity contribution in [1.82, 2.24) is 10.2 Å². The van der Waals surface area contributed by atoms with E-state index in [0.29, 0.717) is 40.9 Å². The Morgan fingerprint density at radius 2 is 1.86 bits per heavy atom. The van der Waals surface area contributed by atoms with Crippen LogP contribution in [0.3, 0.4) is 0 Å². The monoisotopic (exact) mass is 383 g/mol. The van der Waals surface area contributed by atoms with Crippen LogP contribution in [0.5, 0.6) is 23.0 Å². The molecule has 0 aliphatic carbocycles. The molecule has 2 aromatic carbocycles. The Morgan fingerprint density at radius 1 is 1.04 bits per heavy atom. The zero-order chi connectivity index (χ0) is 19.5. The summed E-state index contributed by atoms with van der Waals surface area (Å²) in [6.07, 6.45) is 0.399.